The second-order valence-corrected chi connectivity index (χ2v) is 7.48. The quantitative estimate of drug-likeness (QED) is 0.736. The van der Waals surface area contributed by atoms with Crippen molar-refractivity contribution in [1.29, 1.82) is 5.26 Å². The number of aryl methyl sites for hydroxylation is 3. The predicted molar refractivity (Wildman–Crippen MR) is 91.3 cm³/mol. The Labute approximate surface area is 144 Å². The first-order valence-corrected chi connectivity index (χ1v) is 8.54. The molecular weight excluding hydrogens is 348 g/mol. The van der Waals surface area contributed by atoms with Gasteiger partial charge in [-0.1, -0.05) is 11.3 Å². The number of nitrogens with one attached hydrogen (secondary N) is 2. The van der Waals surface area contributed by atoms with Crippen LogP contribution >= 0.6 is 22.7 Å². The van der Waals surface area contributed by atoms with Gasteiger partial charge in [-0.3, -0.25) is 14.9 Å². The van der Waals surface area contributed by atoms with E-state index in [2.05, 4.69) is 25.5 Å². The summed E-state index contributed by atoms with van der Waals surface area (Å²) < 4.78 is 0. The van der Waals surface area contributed by atoms with Crippen molar-refractivity contribution in [2.45, 2.75) is 26.7 Å². The number of hydrogen-bond acceptors (Lipinski definition) is 8. The molecule has 0 aromatic carbocycles. The van der Waals surface area contributed by atoms with Crippen molar-refractivity contribution in [3.05, 3.63) is 31.6 Å². The standard InChI is InChI=1S/C14H12N6O2S2/c1-5-6(2)23-13-9(5)12(22)16-10(17-13)8(4-15)11(21)18-14-20-19-7(3)24-14/h8H,1-3H3,(H,16,17,22)(H,18,20,21). The zero-order valence-electron chi connectivity index (χ0n) is 13.0. The Hall–Kier alpha value is -2.64. The van der Waals surface area contributed by atoms with E-state index in [-0.39, 0.29) is 11.4 Å². The van der Waals surface area contributed by atoms with Crippen LogP contribution < -0.4 is 10.9 Å². The number of rotatable bonds is 3. The topological polar surface area (TPSA) is 124 Å². The van der Waals surface area contributed by atoms with Gasteiger partial charge in [0, 0.05) is 4.88 Å². The molecule has 0 aliphatic carbocycles. The van der Waals surface area contributed by atoms with Crippen molar-refractivity contribution in [2.75, 3.05) is 5.32 Å². The number of amides is 1. The Morgan fingerprint density at radius 1 is 1.29 bits per heavy atom. The average Bonchev–Trinajstić information content (AvgIpc) is 3.04. The molecule has 1 unspecified atom stereocenters. The summed E-state index contributed by atoms with van der Waals surface area (Å²) in [5, 5.41) is 20.9. The number of hydrogen-bond donors (Lipinski definition) is 2. The highest BCUT2D eigenvalue weighted by molar-refractivity contribution is 7.18. The molecule has 0 saturated heterocycles. The number of nitriles is 1. The van der Waals surface area contributed by atoms with Crippen LogP contribution in [0.15, 0.2) is 4.79 Å². The maximum Gasteiger partial charge on any atom is 0.259 e. The van der Waals surface area contributed by atoms with Crippen LogP contribution in [-0.4, -0.2) is 26.1 Å². The Balaban J connectivity index is 1.99. The summed E-state index contributed by atoms with van der Waals surface area (Å²) in [4.78, 5) is 33.0. The number of fused-ring (bicyclic) bond motifs is 1. The van der Waals surface area contributed by atoms with Gasteiger partial charge in [-0.25, -0.2) is 4.98 Å². The van der Waals surface area contributed by atoms with Gasteiger partial charge in [0.05, 0.1) is 11.5 Å². The van der Waals surface area contributed by atoms with Crippen LogP contribution in [-0.2, 0) is 4.79 Å². The molecule has 0 aliphatic heterocycles. The lowest BCUT2D eigenvalue weighted by atomic mass is 10.1. The number of carbonyl (C=O) groups excluding carboxylic acids is 1. The van der Waals surface area contributed by atoms with Crippen LogP contribution in [0.2, 0.25) is 0 Å². The lowest BCUT2D eigenvalue weighted by molar-refractivity contribution is -0.116. The fraction of sp³-hybridized carbons (Fsp3) is 0.286. The summed E-state index contributed by atoms with van der Waals surface area (Å²) in [6.45, 7) is 5.49. The summed E-state index contributed by atoms with van der Waals surface area (Å²) in [5.41, 5.74) is 0.509. The van der Waals surface area contributed by atoms with E-state index < -0.39 is 11.8 Å². The molecule has 0 fully saturated rings. The highest BCUT2D eigenvalue weighted by Crippen LogP contribution is 2.27. The van der Waals surface area contributed by atoms with E-state index in [1.165, 1.54) is 22.7 Å². The third-order valence-electron chi connectivity index (χ3n) is 3.48. The maximum absolute atomic E-state index is 12.3. The van der Waals surface area contributed by atoms with E-state index in [1.807, 2.05) is 19.9 Å². The highest BCUT2D eigenvalue weighted by atomic mass is 32.1. The van der Waals surface area contributed by atoms with Gasteiger partial charge in [-0.2, -0.15) is 5.26 Å². The molecule has 2 N–H and O–H groups in total. The van der Waals surface area contributed by atoms with Gasteiger partial charge in [-0.05, 0) is 26.3 Å². The van der Waals surface area contributed by atoms with Crippen LogP contribution in [0.4, 0.5) is 5.13 Å². The van der Waals surface area contributed by atoms with Crippen molar-refractivity contribution in [1.82, 2.24) is 20.2 Å². The normalized spacial score (nSPS) is 12.1. The molecule has 24 heavy (non-hydrogen) atoms. The largest absolute Gasteiger partial charge is 0.308 e. The zero-order valence-corrected chi connectivity index (χ0v) is 14.6. The number of thiophene rings is 1. The molecule has 0 radical (unpaired) electrons. The number of carbonyl (C=O) groups is 1. The molecule has 0 bridgehead atoms. The lowest BCUT2D eigenvalue weighted by Gasteiger charge is -2.07. The lowest BCUT2D eigenvalue weighted by Crippen LogP contribution is -2.24. The second kappa shape index (κ2) is 6.10. The fourth-order valence-electron chi connectivity index (χ4n) is 2.18. The van der Waals surface area contributed by atoms with E-state index in [1.54, 1.807) is 6.92 Å². The third kappa shape index (κ3) is 2.79. The number of anilines is 1. The van der Waals surface area contributed by atoms with Crippen molar-refractivity contribution >= 4 is 43.9 Å². The van der Waals surface area contributed by atoms with Crippen molar-refractivity contribution in [3.63, 3.8) is 0 Å². The van der Waals surface area contributed by atoms with Crippen LogP contribution in [0.1, 0.15) is 27.2 Å². The Kier molecular flexibility index (Phi) is 4.13. The monoisotopic (exact) mass is 360 g/mol. The summed E-state index contributed by atoms with van der Waals surface area (Å²) in [6.07, 6.45) is 0. The molecule has 3 heterocycles. The van der Waals surface area contributed by atoms with Gasteiger partial charge in [0.1, 0.15) is 15.7 Å². The zero-order chi connectivity index (χ0) is 17.4. The van der Waals surface area contributed by atoms with Crippen LogP contribution in [0.3, 0.4) is 0 Å². The average molecular weight is 360 g/mol. The first-order valence-electron chi connectivity index (χ1n) is 6.91. The minimum atomic E-state index is -1.24. The summed E-state index contributed by atoms with van der Waals surface area (Å²) in [5.74, 6) is -1.83. The third-order valence-corrected chi connectivity index (χ3v) is 5.33. The molecule has 8 nitrogen and oxygen atoms in total. The number of aromatic amines is 1. The van der Waals surface area contributed by atoms with Crippen LogP contribution in [0.25, 0.3) is 10.2 Å². The van der Waals surface area contributed by atoms with Crippen molar-refractivity contribution in [3.8, 4) is 6.07 Å². The van der Waals surface area contributed by atoms with E-state index in [0.29, 0.717) is 20.4 Å². The SMILES string of the molecule is Cc1nnc(NC(=O)C(C#N)c2nc3sc(C)c(C)c3c(=O)[nH]2)s1. The van der Waals surface area contributed by atoms with E-state index in [9.17, 15) is 14.9 Å². The second-order valence-electron chi connectivity index (χ2n) is 5.09. The molecule has 0 aliphatic rings. The van der Waals surface area contributed by atoms with Crippen LogP contribution in [0, 0.1) is 32.1 Å². The van der Waals surface area contributed by atoms with Crippen LogP contribution in [0.5, 0.6) is 0 Å². The van der Waals surface area contributed by atoms with Gasteiger partial charge in [0.2, 0.25) is 5.13 Å². The van der Waals surface area contributed by atoms with Crippen molar-refractivity contribution < 1.29 is 4.79 Å². The minimum absolute atomic E-state index is 0.0231. The molecule has 3 aromatic heterocycles. The summed E-state index contributed by atoms with van der Waals surface area (Å²) >= 11 is 2.56. The summed E-state index contributed by atoms with van der Waals surface area (Å²) in [7, 11) is 0. The van der Waals surface area contributed by atoms with Gasteiger partial charge in [-0.15, -0.1) is 21.5 Å². The number of aromatic nitrogens is 4. The van der Waals surface area contributed by atoms with E-state index in [0.717, 1.165) is 10.4 Å². The number of H-pyrrole nitrogens is 1. The minimum Gasteiger partial charge on any atom is -0.308 e. The smallest absolute Gasteiger partial charge is 0.259 e. The summed E-state index contributed by atoms with van der Waals surface area (Å²) in [6, 6.07) is 1.87. The first-order chi connectivity index (χ1) is 11.4. The van der Waals surface area contributed by atoms with E-state index in [4.69, 9.17) is 0 Å². The molecule has 1 atom stereocenters. The fourth-order valence-corrected chi connectivity index (χ4v) is 3.81. The van der Waals surface area contributed by atoms with Crippen molar-refractivity contribution in [2.24, 2.45) is 0 Å². The number of nitrogens with zero attached hydrogens (tertiary/aromatic N) is 4. The molecule has 3 rings (SSSR count). The van der Waals surface area contributed by atoms with Gasteiger partial charge in [0.15, 0.2) is 5.92 Å². The van der Waals surface area contributed by atoms with Gasteiger partial charge in [0.25, 0.3) is 11.5 Å². The molecular formula is C14H12N6O2S2. The predicted octanol–water partition coefficient (Wildman–Crippen LogP) is 2.01. The Morgan fingerprint density at radius 2 is 2.04 bits per heavy atom. The molecule has 1 amide bonds. The Bertz CT molecular complexity index is 1040. The highest BCUT2D eigenvalue weighted by Gasteiger charge is 2.25. The Morgan fingerprint density at radius 3 is 2.67 bits per heavy atom. The van der Waals surface area contributed by atoms with E-state index >= 15 is 0 Å². The maximum atomic E-state index is 12.3. The molecule has 3 aromatic rings. The first kappa shape index (κ1) is 16.2. The van der Waals surface area contributed by atoms with Gasteiger partial charge < -0.3 is 4.98 Å². The molecule has 0 spiro atoms. The molecule has 0 saturated carbocycles. The van der Waals surface area contributed by atoms with Gasteiger partial charge >= 0.3 is 0 Å². The molecule has 10 heteroatoms. The molecule has 122 valence electrons.